The molecule has 0 radical (unpaired) electrons. The van der Waals surface area contributed by atoms with Gasteiger partial charge in [0.25, 0.3) is 24.1 Å². The summed E-state index contributed by atoms with van der Waals surface area (Å²) in [6, 6.07) is 9.95. The number of pyridine rings is 1. The quantitative estimate of drug-likeness (QED) is 0.0895. The van der Waals surface area contributed by atoms with Crippen molar-refractivity contribution in [3.05, 3.63) is 77.6 Å². The van der Waals surface area contributed by atoms with E-state index in [-0.39, 0.29) is 48.3 Å². The van der Waals surface area contributed by atoms with E-state index in [1.807, 2.05) is 7.05 Å². The summed E-state index contributed by atoms with van der Waals surface area (Å²) in [5, 5.41) is 6.75. The van der Waals surface area contributed by atoms with Gasteiger partial charge in [-0.15, -0.1) is 0 Å². The number of amides is 4. The van der Waals surface area contributed by atoms with Gasteiger partial charge in [-0.2, -0.15) is 5.10 Å². The van der Waals surface area contributed by atoms with Gasteiger partial charge in [0.15, 0.2) is 11.4 Å². The lowest BCUT2D eigenvalue weighted by Gasteiger charge is -2.31. The molecule has 1 N–H and O–H groups in total. The molecule has 2 aliphatic carbocycles. The second-order valence-electron chi connectivity index (χ2n) is 16.5. The van der Waals surface area contributed by atoms with E-state index in [0.29, 0.717) is 54.0 Å². The fraction of sp³-hybridized carbons (Fsp3) is 0.500. The molecule has 59 heavy (non-hydrogen) atoms. The van der Waals surface area contributed by atoms with Crippen molar-refractivity contribution in [2.24, 2.45) is 11.8 Å². The number of benzene rings is 1. The van der Waals surface area contributed by atoms with Crippen molar-refractivity contribution in [3.63, 3.8) is 0 Å². The zero-order valence-electron chi connectivity index (χ0n) is 33.7. The average Bonchev–Trinajstić information content (AvgIpc) is 3.60. The second kappa shape index (κ2) is 17.7. The van der Waals surface area contributed by atoms with Gasteiger partial charge in [-0.05, 0) is 102 Å². The Hall–Kier alpha value is -5.55. The zero-order valence-corrected chi connectivity index (χ0v) is 33.7. The number of oxazole rings is 1. The van der Waals surface area contributed by atoms with Crippen LogP contribution in [0.1, 0.15) is 109 Å². The Morgan fingerprint density at radius 3 is 2.32 bits per heavy atom. The third kappa shape index (κ3) is 10.2. The number of carbonyl (C=O) groups excluding carboxylic acids is 4. The minimum Gasteiger partial charge on any atom is -0.444 e. The van der Waals surface area contributed by atoms with Crippen LogP contribution in [0.4, 0.5) is 25.1 Å². The highest BCUT2D eigenvalue weighted by molar-refractivity contribution is 6.21. The van der Waals surface area contributed by atoms with Crippen molar-refractivity contribution < 1.29 is 41.8 Å². The van der Waals surface area contributed by atoms with Crippen LogP contribution < -0.4 is 10.2 Å². The highest BCUT2D eigenvalue weighted by Gasteiger charge is 2.35. The smallest absolute Gasteiger partial charge is 0.416 e. The SMILES string of the molecule is CN(CCOCCN1C(=O)c2ccccc2C1=O)C[C@H]1CC[C@H](n2cc(NC(=O)c3coc(-c4ccnc(N(CC5CC5)C(=O)OC(C)(C)C)c4)n3)c(C(F)F)n2)CC1. The molecule has 0 atom stereocenters. The van der Waals surface area contributed by atoms with E-state index in [4.69, 9.17) is 13.9 Å². The summed E-state index contributed by atoms with van der Waals surface area (Å²) >= 11 is 0. The number of ether oxygens (including phenoxy) is 2. The Kier molecular flexibility index (Phi) is 12.5. The third-order valence-electron chi connectivity index (χ3n) is 10.7. The fourth-order valence-electron chi connectivity index (χ4n) is 7.43. The summed E-state index contributed by atoms with van der Waals surface area (Å²) < 4.78 is 46.9. The predicted molar refractivity (Wildman–Crippen MR) is 212 cm³/mol. The van der Waals surface area contributed by atoms with Gasteiger partial charge >= 0.3 is 6.09 Å². The largest absolute Gasteiger partial charge is 0.444 e. The number of fused-ring (bicyclic) bond motifs is 1. The minimum absolute atomic E-state index is 0.0913. The third-order valence-corrected chi connectivity index (χ3v) is 10.7. The number of nitrogens with zero attached hydrogens (tertiary/aromatic N) is 7. The molecular weight excluding hydrogens is 767 g/mol. The van der Waals surface area contributed by atoms with Gasteiger partial charge in [0.1, 0.15) is 17.7 Å². The lowest BCUT2D eigenvalue weighted by atomic mass is 9.86. The predicted octanol–water partition coefficient (Wildman–Crippen LogP) is 7.25. The summed E-state index contributed by atoms with van der Waals surface area (Å²) in [7, 11) is 2.01. The normalized spacial score (nSPS) is 18.1. The number of hydrogen-bond acceptors (Lipinski definition) is 11. The Morgan fingerprint density at radius 1 is 0.983 bits per heavy atom. The van der Waals surface area contributed by atoms with E-state index in [2.05, 4.69) is 25.3 Å². The molecule has 1 aromatic carbocycles. The first-order valence-electron chi connectivity index (χ1n) is 20.1. The first-order chi connectivity index (χ1) is 28.2. The summed E-state index contributed by atoms with van der Waals surface area (Å²) in [6.07, 6.45) is 5.91. The highest BCUT2D eigenvalue weighted by atomic mass is 19.3. The molecule has 15 nitrogen and oxygen atoms in total. The molecule has 0 bridgehead atoms. The number of carbonyl (C=O) groups is 4. The van der Waals surface area contributed by atoms with Crippen molar-refractivity contribution in [3.8, 4) is 11.5 Å². The molecule has 17 heteroatoms. The first kappa shape index (κ1) is 41.6. The molecular formula is C42H50F2N8O7. The zero-order chi connectivity index (χ0) is 41.8. The van der Waals surface area contributed by atoms with E-state index < -0.39 is 29.7 Å². The summed E-state index contributed by atoms with van der Waals surface area (Å²) in [6.45, 7) is 8.23. The van der Waals surface area contributed by atoms with E-state index in [9.17, 15) is 28.0 Å². The number of imide groups is 1. The van der Waals surface area contributed by atoms with E-state index in [1.165, 1.54) is 26.9 Å². The molecule has 3 aromatic heterocycles. The van der Waals surface area contributed by atoms with Crippen LogP contribution in [-0.4, -0.2) is 105 Å². The van der Waals surface area contributed by atoms with Crippen LogP contribution in [0.3, 0.4) is 0 Å². The summed E-state index contributed by atoms with van der Waals surface area (Å²) in [4.78, 5) is 65.1. The van der Waals surface area contributed by atoms with Gasteiger partial charge in [0.05, 0.1) is 42.6 Å². The molecule has 0 unspecified atom stereocenters. The Balaban J connectivity index is 0.885. The first-order valence-corrected chi connectivity index (χ1v) is 20.1. The van der Waals surface area contributed by atoms with Gasteiger partial charge in [-0.1, -0.05) is 12.1 Å². The lowest BCUT2D eigenvalue weighted by Crippen LogP contribution is -2.38. The maximum Gasteiger partial charge on any atom is 0.416 e. The molecule has 4 amide bonds. The second-order valence-corrected chi connectivity index (χ2v) is 16.5. The molecule has 7 rings (SSSR count). The number of anilines is 2. The monoisotopic (exact) mass is 816 g/mol. The fourth-order valence-corrected chi connectivity index (χ4v) is 7.43. The molecule has 1 aliphatic heterocycles. The van der Waals surface area contributed by atoms with E-state index in [0.717, 1.165) is 51.3 Å². The van der Waals surface area contributed by atoms with Crippen molar-refractivity contribution in [2.75, 3.05) is 56.7 Å². The maximum absolute atomic E-state index is 14.2. The lowest BCUT2D eigenvalue weighted by molar-refractivity contribution is 0.0532. The van der Waals surface area contributed by atoms with Crippen LogP contribution in [0.5, 0.6) is 0 Å². The summed E-state index contributed by atoms with van der Waals surface area (Å²) in [5.41, 5.74) is -0.130. The maximum atomic E-state index is 14.2. The van der Waals surface area contributed by atoms with Crippen LogP contribution in [0.15, 0.2) is 59.5 Å². The molecule has 2 fully saturated rings. The van der Waals surface area contributed by atoms with Crippen molar-refractivity contribution in [2.45, 2.75) is 77.4 Å². The molecule has 3 aliphatic rings. The standard InChI is InChI=1S/C42H50F2N8O7/c1-42(2,3)59-41(56)51(23-27-9-10-27)34-21-28(15-16-45-34)38-47-33(25-58-38)37(53)46-32-24-52(48-35(32)36(43)44)29-13-11-26(12-14-29)22-49(4)17-19-57-20-18-50-39(54)30-7-5-6-8-31(30)40(50)55/h5-8,15-16,21,24-27,29,36H,9-14,17-20,22-23H2,1-4H3,(H,46,53)/t26-,29-. The molecule has 2 saturated carbocycles. The van der Waals surface area contributed by atoms with Crippen molar-refractivity contribution in [1.82, 2.24) is 29.5 Å². The number of rotatable bonds is 16. The summed E-state index contributed by atoms with van der Waals surface area (Å²) in [5.74, 6) is -0.131. The topological polar surface area (TPSA) is 165 Å². The van der Waals surface area contributed by atoms with Crippen LogP contribution in [0.25, 0.3) is 11.5 Å². The average molecular weight is 817 g/mol. The van der Waals surface area contributed by atoms with Crippen molar-refractivity contribution >= 4 is 35.3 Å². The van der Waals surface area contributed by atoms with Crippen LogP contribution in [0.2, 0.25) is 0 Å². The number of nitrogens with one attached hydrogen (secondary N) is 1. The number of alkyl halides is 2. The number of aromatic nitrogens is 4. The van der Waals surface area contributed by atoms with E-state index >= 15 is 0 Å². The molecule has 4 aromatic rings. The number of likely N-dealkylation sites (N-methyl/N-ethyl adjacent to an activating group) is 1. The number of hydrogen-bond donors (Lipinski definition) is 1. The molecule has 4 heterocycles. The minimum atomic E-state index is -2.92. The Labute approximate surface area is 341 Å². The van der Waals surface area contributed by atoms with Gasteiger partial charge in [-0.25, -0.2) is 23.5 Å². The molecule has 0 saturated heterocycles. The molecule has 0 spiro atoms. The van der Waals surface area contributed by atoms with Gasteiger partial charge < -0.3 is 24.1 Å². The van der Waals surface area contributed by atoms with E-state index in [1.54, 1.807) is 57.2 Å². The van der Waals surface area contributed by atoms with Gasteiger partial charge in [0, 0.05) is 37.6 Å². The van der Waals surface area contributed by atoms with Crippen LogP contribution in [-0.2, 0) is 9.47 Å². The van der Waals surface area contributed by atoms with Gasteiger partial charge in [0.2, 0.25) is 5.89 Å². The molecule has 314 valence electrons. The Morgan fingerprint density at radius 2 is 1.66 bits per heavy atom. The van der Waals surface area contributed by atoms with Crippen LogP contribution >= 0.6 is 0 Å². The van der Waals surface area contributed by atoms with Crippen molar-refractivity contribution in [1.29, 1.82) is 0 Å². The van der Waals surface area contributed by atoms with Crippen LogP contribution in [0, 0.1) is 11.8 Å². The number of halogens is 2. The van der Waals surface area contributed by atoms with Gasteiger partial charge in [-0.3, -0.25) is 28.9 Å². The highest BCUT2D eigenvalue weighted by Crippen LogP contribution is 2.36. The Bertz CT molecular complexity index is 2120.